The summed E-state index contributed by atoms with van der Waals surface area (Å²) >= 11 is 0. The minimum absolute atomic E-state index is 0.0523. The number of pyridine rings is 1. The molecule has 1 fully saturated rings. The van der Waals surface area contributed by atoms with Crippen LogP contribution in [0.25, 0.3) is 10.9 Å². The first-order chi connectivity index (χ1) is 16.1. The van der Waals surface area contributed by atoms with E-state index in [-0.39, 0.29) is 11.4 Å². The highest BCUT2D eigenvalue weighted by Gasteiger charge is 2.16. The van der Waals surface area contributed by atoms with Crippen molar-refractivity contribution in [3.05, 3.63) is 48.2 Å². The number of hydrogen-bond donors (Lipinski definition) is 1. The Morgan fingerprint density at radius 2 is 1.85 bits per heavy atom. The van der Waals surface area contributed by atoms with E-state index in [1.807, 2.05) is 0 Å². The van der Waals surface area contributed by atoms with E-state index >= 15 is 0 Å². The van der Waals surface area contributed by atoms with Gasteiger partial charge in [0.15, 0.2) is 23.1 Å². The molecule has 2 aromatic carbocycles. The lowest BCUT2D eigenvalue weighted by Gasteiger charge is -2.26. The molecular formula is C24H27F2N3O4. The van der Waals surface area contributed by atoms with Gasteiger partial charge in [0.2, 0.25) is 0 Å². The standard InChI is InChI=1S/C24H27F2N3O4/c1-27-20-13-18(26)22(14-17(20)25)33-21-4-5-28-19-15-24(23(30-2)12-16(19)21)32-9-3-6-29-7-10-31-11-8-29/h4-5,12-15,27H,3,6-11H2,1-2H3. The highest BCUT2D eigenvalue weighted by molar-refractivity contribution is 5.88. The fourth-order valence-electron chi connectivity index (χ4n) is 3.70. The number of morpholine rings is 1. The predicted molar refractivity (Wildman–Crippen MR) is 122 cm³/mol. The van der Waals surface area contributed by atoms with Crippen molar-refractivity contribution in [1.29, 1.82) is 0 Å². The van der Waals surface area contributed by atoms with Crippen LogP contribution in [0.2, 0.25) is 0 Å². The zero-order valence-corrected chi connectivity index (χ0v) is 18.7. The number of nitrogens with zero attached hydrogens (tertiary/aromatic N) is 2. The SMILES string of the molecule is CNc1cc(F)c(Oc2ccnc3cc(OCCCN4CCOCC4)c(OC)cc23)cc1F. The molecule has 9 heteroatoms. The Kier molecular flexibility index (Phi) is 7.41. The third-order valence-corrected chi connectivity index (χ3v) is 5.48. The number of hydrogen-bond acceptors (Lipinski definition) is 7. The third kappa shape index (κ3) is 5.43. The zero-order chi connectivity index (χ0) is 23.2. The summed E-state index contributed by atoms with van der Waals surface area (Å²) in [6, 6.07) is 7.14. The van der Waals surface area contributed by atoms with E-state index in [1.54, 1.807) is 31.5 Å². The molecule has 0 bridgehead atoms. The number of rotatable bonds is 9. The number of benzene rings is 2. The molecule has 1 aromatic heterocycles. The monoisotopic (exact) mass is 459 g/mol. The second-order valence-electron chi connectivity index (χ2n) is 7.60. The summed E-state index contributed by atoms with van der Waals surface area (Å²) in [5, 5.41) is 3.19. The second-order valence-corrected chi connectivity index (χ2v) is 7.60. The van der Waals surface area contributed by atoms with Crippen LogP contribution in [-0.2, 0) is 4.74 Å². The van der Waals surface area contributed by atoms with Crippen molar-refractivity contribution < 1.29 is 27.7 Å². The molecule has 0 spiro atoms. The largest absolute Gasteiger partial charge is 0.493 e. The molecule has 0 amide bonds. The molecule has 3 aromatic rings. The van der Waals surface area contributed by atoms with Gasteiger partial charge < -0.3 is 24.3 Å². The molecule has 2 heterocycles. The molecular weight excluding hydrogens is 432 g/mol. The van der Waals surface area contributed by atoms with Gasteiger partial charge in [-0.3, -0.25) is 9.88 Å². The maximum Gasteiger partial charge on any atom is 0.167 e. The summed E-state index contributed by atoms with van der Waals surface area (Å²) in [4.78, 5) is 6.72. The fraction of sp³-hybridized carbons (Fsp3) is 0.375. The van der Waals surface area contributed by atoms with Gasteiger partial charge >= 0.3 is 0 Å². The Hall–Kier alpha value is -3.17. The first kappa shape index (κ1) is 23.0. The van der Waals surface area contributed by atoms with Crippen molar-refractivity contribution >= 4 is 16.6 Å². The van der Waals surface area contributed by atoms with E-state index < -0.39 is 11.6 Å². The maximum atomic E-state index is 14.4. The van der Waals surface area contributed by atoms with E-state index in [4.69, 9.17) is 18.9 Å². The lowest BCUT2D eigenvalue weighted by Crippen LogP contribution is -2.37. The van der Waals surface area contributed by atoms with Crippen LogP contribution in [0.3, 0.4) is 0 Å². The van der Waals surface area contributed by atoms with Crippen LogP contribution in [0.4, 0.5) is 14.5 Å². The fourth-order valence-corrected chi connectivity index (χ4v) is 3.70. The summed E-state index contributed by atoms with van der Waals surface area (Å²) in [5.74, 6) is -0.124. The normalized spacial score (nSPS) is 14.3. The minimum Gasteiger partial charge on any atom is -0.493 e. The van der Waals surface area contributed by atoms with Gasteiger partial charge in [-0.25, -0.2) is 8.78 Å². The molecule has 33 heavy (non-hydrogen) atoms. The molecule has 0 saturated carbocycles. The second kappa shape index (κ2) is 10.6. The zero-order valence-electron chi connectivity index (χ0n) is 18.7. The smallest absolute Gasteiger partial charge is 0.167 e. The lowest BCUT2D eigenvalue weighted by atomic mass is 10.1. The molecule has 0 atom stereocenters. The van der Waals surface area contributed by atoms with Crippen LogP contribution >= 0.6 is 0 Å². The molecule has 1 aliphatic rings. The quantitative estimate of drug-likeness (QED) is 0.474. The Morgan fingerprint density at radius 3 is 2.61 bits per heavy atom. The lowest BCUT2D eigenvalue weighted by molar-refractivity contribution is 0.0357. The van der Waals surface area contributed by atoms with Crippen molar-refractivity contribution in [2.24, 2.45) is 0 Å². The molecule has 1 aliphatic heterocycles. The molecule has 0 radical (unpaired) electrons. The van der Waals surface area contributed by atoms with Crippen LogP contribution < -0.4 is 19.5 Å². The Morgan fingerprint density at radius 1 is 1.03 bits per heavy atom. The Balaban J connectivity index is 1.51. The summed E-state index contributed by atoms with van der Waals surface area (Å²) in [6.45, 7) is 4.88. The van der Waals surface area contributed by atoms with Crippen LogP contribution in [-0.4, -0.2) is 63.5 Å². The molecule has 1 N–H and O–H groups in total. The van der Waals surface area contributed by atoms with Crippen LogP contribution in [0.5, 0.6) is 23.0 Å². The minimum atomic E-state index is -0.683. The van der Waals surface area contributed by atoms with Gasteiger partial charge in [0.25, 0.3) is 0 Å². The highest BCUT2D eigenvalue weighted by Crippen LogP contribution is 2.38. The number of aromatic nitrogens is 1. The molecule has 4 rings (SSSR count). The maximum absolute atomic E-state index is 14.4. The molecule has 0 unspecified atom stereocenters. The van der Waals surface area contributed by atoms with E-state index in [0.29, 0.717) is 34.8 Å². The number of nitrogens with one attached hydrogen (secondary N) is 1. The van der Waals surface area contributed by atoms with Crippen LogP contribution in [0.1, 0.15) is 6.42 Å². The van der Waals surface area contributed by atoms with Gasteiger partial charge in [-0.2, -0.15) is 0 Å². The van der Waals surface area contributed by atoms with Gasteiger partial charge in [-0.15, -0.1) is 0 Å². The third-order valence-electron chi connectivity index (χ3n) is 5.48. The molecule has 0 aliphatic carbocycles. The van der Waals surface area contributed by atoms with E-state index in [1.165, 1.54) is 7.05 Å². The van der Waals surface area contributed by atoms with Gasteiger partial charge in [0.05, 0.1) is 38.1 Å². The Labute approximate surface area is 191 Å². The van der Waals surface area contributed by atoms with Crippen molar-refractivity contribution in [3.8, 4) is 23.0 Å². The van der Waals surface area contributed by atoms with Gasteiger partial charge in [0.1, 0.15) is 11.6 Å². The number of ether oxygens (including phenoxy) is 4. The Bertz CT molecular complexity index is 1110. The average molecular weight is 459 g/mol. The summed E-state index contributed by atoms with van der Waals surface area (Å²) in [6.07, 6.45) is 2.41. The summed E-state index contributed by atoms with van der Waals surface area (Å²) in [5.41, 5.74) is 0.640. The van der Waals surface area contributed by atoms with E-state index in [0.717, 1.165) is 51.4 Å². The molecule has 176 valence electrons. The topological polar surface area (TPSA) is 65.1 Å². The van der Waals surface area contributed by atoms with Gasteiger partial charge in [0, 0.05) is 56.5 Å². The highest BCUT2D eigenvalue weighted by atomic mass is 19.1. The first-order valence-corrected chi connectivity index (χ1v) is 10.8. The van der Waals surface area contributed by atoms with E-state index in [9.17, 15) is 8.78 Å². The van der Waals surface area contributed by atoms with Gasteiger partial charge in [-0.05, 0) is 18.6 Å². The van der Waals surface area contributed by atoms with Crippen molar-refractivity contribution in [2.75, 3.05) is 58.9 Å². The number of methoxy groups -OCH3 is 1. The van der Waals surface area contributed by atoms with Gasteiger partial charge in [-0.1, -0.05) is 0 Å². The molecule has 1 saturated heterocycles. The number of halogens is 2. The number of fused-ring (bicyclic) bond motifs is 1. The average Bonchev–Trinajstić information content (AvgIpc) is 2.84. The van der Waals surface area contributed by atoms with Crippen molar-refractivity contribution in [1.82, 2.24) is 9.88 Å². The van der Waals surface area contributed by atoms with Crippen molar-refractivity contribution in [2.45, 2.75) is 6.42 Å². The van der Waals surface area contributed by atoms with Crippen molar-refractivity contribution in [3.63, 3.8) is 0 Å². The van der Waals surface area contributed by atoms with Crippen LogP contribution in [0.15, 0.2) is 36.5 Å². The van der Waals surface area contributed by atoms with Crippen LogP contribution in [0, 0.1) is 11.6 Å². The summed E-state index contributed by atoms with van der Waals surface area (Å²) in [7, 11) is 3.06. The summed E-state index contributed by atoms with van der Waals surface area (Å²) < 4.78 is 51.1. The predicted octanol–water partition coefficient (Wildman–Crippen LogP) is 4.46. The van der Waals surface area contributed by atoms with E-state index in [2.05, 4.69) is 15.2 Å². The first-order valence-electron chi connectivity index (χ1n) is 10.8. The number of anilines is 1. The molecule has 7 nitrogen and oxygen atoms in total.